The second kappa shape index (κ2) is 8.71. The number of anilines is 2. The summed E-state index contributed by atoms with van der Waals surface area (Å²) >= 11 is 1.56. The summed E-state index contributed by atoms with van der Waals surface area (Å²) in [5.74, 6) is 1.40. The quantitative estimate of drug-likeness (QED) is 0.615. The van der Waals surface area contributed by atoms with Crippen molar-refractivity contribution in [1.82, 2.24) is 19.9 Å². The Morgan fingerprint density at radius 3 is 2.69 bits per heavy atom. The van der Waals surface area contributed by atoms with Crippen LogP contribution in [0, 0.1) is 0 Å². The van der Waals surface area contributed by atoms with Crippen molar-refractivity contribution in [2.45, 2.75) is 6.92 Å². The molecule has 8 nitrogen and oxygen atoms in total. The number of para-hydroxylation sites is 1. The van der Waals surface area contributed by atoms with Gasteiger partial charge in [0.1, 0.15) is 0 Å². The van der Waals surface area contributed by atoms with Crippen molar-refractivity contribution < 1.29 is 9.53 Å². The van der Waals surface area contributed by atoms with E-state index in [0.29, 0.717) is 19.0 Å². The lowest BCUT2D eigenvalue weighted by Gasteiger charge is -2.35. The summed E-state index contributed by atoms with van der Waals surface area (Å²) in [6.07, 6.45) is 3.34. The summed E-state index contributed by atoms with van der Waals surface area (Å²) in [5, 5.41) is 0.768. The minimum atomic E-state index is 0.0844. The first-order chi connectivity index (χ1) is 14.2. The maximum atomic E-state index is 13.0. The van der Waals surface area contributed by atoms with Gasteiger partial charge >= 0.3 is 0 Å². The van der Waals surface area contributed by atoms with Gasteiger partial charge in [0.25, 0.3) is 0 Å². The zero-order valence-corrected chi connectivity index (χ0v) is 17.4. The average Bonchev–Trinajstić information content (AvgIpc) is 3.18. The number of piperazine rings is 1. The van der Waals surface area contributed by atoms with Crippen LogP contribution in [0.3, 0.4) is 0 Å². The smallest absolute Gasteiger partial charge is 0.242 e. The maximum Gasteiger partial charge on any atom is 0.242 e. The van der Waals surface area contributed by atoms with Crippen molar-refractivity contribution in [2.75, 3.05) is 56.2 Å². The Balaban J connectivity index is 1.37. The van der Waals surface area contributed by atoms with Gasteiger partial charge in [-0.2, -0.15) is 4.98 Å². The van der Waals surface area contributed by atoms with Gasteiger partial charge in [-0.3, -0.25) is 19.6 Å². The van der Waals surface area contributed by atoms with E-state index in [1.807, 2.05) is 31.2 Å². The SMILES string of the molecule is CCN(C(=O)CN1CCN(c2cncc(OC)n2)CC1)c1nc2ccccc2s1. The molecule has 0 radical (unpaired) electrons. The van der Waals surface area contributed by atoms with Crippen LogP contribution in [0.25, 0.3) is 10.2 Å². The number of fused-ring (bicyclic) bond motifs is 1. The molecule has 0 atom stereocenters. The molecule has 3 heterocycles. The second-order valence-electron chi connectivity index (χ2n) is 6.78. The molecule has 2 aromatic heterocycles. The van der Waals surface area contributed by atoms with Crippen molar-refractivity contribution in [3.63, 3.8) is 0 Å². The van der Waals surface area contributed by atoms with E-state index in [1.165, 1.54) is 0 Å². The second-order valence-corrected chi connectivity index (χ2v) is 7.79. The lowest BCUT2D eigenvalue weighted by atomic mass is 10.3. The van der Waals surface area contributed by atoms with E-state index in [4.69, 9.17) is 4.74 Å². The van der Waals surface area contributed by atoms with E-state index in [0.717, 1.165) is 47.3 Å². The van der Waals surface area contributed by atoms with E-state index in [1.54, 1.807) is 35.7 Å². The lowest BCUT2D eigenvalue weighted by Crippen LogP contribution is -2.50. The number of carbonyl (C=O) groups excluding carboxylic acids is 1. The van der Waals surface area contributed by atoms with Crippen molar-refractivity contribution in [3.05, 3.63) is 36.7 Å². The van der Waals surface area contributed by atoms with Crippen LogP contribution in [0.5, 0.6) is 5.88 Å². The molecule has 1 aliphatic rings. The molecule has 9 heteroatoms. The van der Waals surface area contributed by atoms with Crippen LogP contribution in [0.1, 0.15) is 6.92 Å². The Morgan fingerprint density at radius 2 is 1.97 bits per heavy atom. The van der Waals surface area contributed by atoms with Gasteiger partial charge in [-0.05, 0) is 19.1 Å². The molecule has 0 N–H and O–H groups in total. The number of carbonyl (C=O) groups is 1. The summed E-state index contributed by atoms with van der Waals surface area (Å²) < 4.78 is 6.25. The topological polar surface area (TPSA) is 74.7 Å². The Bertz CT molecular complexity index is 953. The largest absolute Gasteiger partial charge is 0.480 e. The molecule has 1 aromatic carbocycles. The third-order valence-electron chi connectivity index (χ3n) is 4.99. The third kappa shape index (κ3) is 4.30. The van der Waals surface area contributed by atoms with Crippen LogP contribution in [-0.4, -0.2) is 72.1 Å². The van der Waals surface area contributed by atoms with E-state index in [2.05, 4.69) is 24.8 Å². The zero-order chi connectivity index (χ0) is 20.2. The number of likely N-dealkylation sites (N-methyl/N-ethyl adjacent to an activating group) is 1. The first kappa shape index (κ1) is 19.5. The average molecular weight is 413 g/mol. The highest BCUT2D eigenvalue weighted by molar-refractivity contribution is 7.22. The molecule has 4 rings (SSSR count). The summed E-state index contributed by atoms with van der Waals surface area (Å²) in [7, 11) is 1.59. The van der Waals surface area contributed by atoms with Crippen LogP contribution in [0.15, 0.2) is 36.7 Å². The normalized spacial score (nSPS) is 14.9. The van der Waals surface area contributed by atoms with E-state index < -0.39 is 0 Å². The molecule has 0 unspecified atom stereocenters. The predicted molar refractivity (Wildman–Crippen MR) is 115 cm³/mol. The van der Waals surface area contributed by atoms with Gasteiger partial charge in [-0.25, -0.2) is 4.98 Å². The number of rotatable bonds is 6. The third-order valence-corrected chi connectivity index (χ3v) is 6.05. The fourth-order valence-electron chi connectivity index (χ4n) is 3.39. The van der Waals surface area contributed by atoms with Gasteiger partial charge in [-0.15, -0.1) is 0 Å². The van der Waals surface area contributed by atoms with Crippen LogP contribution in [0.4, 0.5) is 10.9 Å². The predicted octanol–water partition coefficient (Wildman–Crippen LogP) is 2.27. The number of benzene rings is 1. The standard InChI is InChI=1S/C20H24N6O2S/c1-3-26(20-22-15-6-4-5-7-16(15)29-20)19(27)14-24-8-10-25(11-9-24)17-12-21-13-18(23-17)28-2/h4-7,12-13H,3,8-11,14H2,1-2H3. The minimum absolute atomic E-state index is 0.0844. The minimum Gasteiger partial charge on any atom is -0.480 e. The summed E-state index contributed by atoms with van der Waals surface area (Å²) in [4.78, 5) is 32.3. The van der Waals surface area contributed by atoms with Crippen molar-refractivity contribution >= 4 is 38.4 Å². The molecular formula is C20H24N6O2S. The molecule has 3 aromatic rings. The van der Waals surface area contributed by atoms with E-state index in [-0.39, 0.29) is 5.91 Å². The van der Waals surface area contributed by atoms with Crippen molar-refractivity contribution in [1.29, 1.82) is 0 Å². The monoisotopic (exact) mass is 412 g/mol. The molecule has 1 fully saturated rings. The zero-order valence-electron chi connectivity index (χ0n) is 16.6. The highest BCUT2D eigenvalue weighted by Crippen LogP contribution is 2.28. The Hall–Kier alpha value is -2.78. The number of hydrogen-bond donors (Lipinski definition) is 0. The van der Waals surface area contributed by atoms with Crippen LogP contribution < -0.4 is 14.5 Å². The highest BCUT2D eigenvalue weighted by Gasteiger charge is 2.24. The van der Waals surface area contributed by atoms with Crippen LogP contribution in [0.2, 0.25) is 0 Å². The maximum absolute atomic E-state index is 13.0. The molecule has 1 amide bonds. The molecule has 0 saturated carbocycles. The van der Waals surface area contributed by atoms with Gasteiger partial charge in [0.05, 0.1) is 36.3 Å². The Labute approximate surface area is 173 Å². The van der Waals surface area contributed by atoms with Crippen LogP contribution >= 0.6 is 11.3 Å². The molecular weight excluding hydrogens is 388 g/mol. The molecule has 0 bridgehead atoms. The number of ether oxygens (including phenoxy) is 1. The summed E-state index contributed by atoms with van der Waals surface area (Å²) in [6, 6.07) is 7.98. The Morgan fingerprint density at radius 1 is 1.17 bits per heavy atom. The van der Waals surface area contributed by atoms with Crippen LogP contribution in [-0.2, 0) is 4.79 Å². The molecule has 0 aliphatic carbocycles. The molecule has 152 valence electrons. The Kier molecular flexibility index (Phi) is 5.86. The van der Waals surface area contributed by atoms with E-state index >= 15 is 0 Å². The number of amides is 1. The molecule has 0 spiro atoms. The number of aromatic nitrogens is 3. The first-order valence-corrected chi connectivity index (χ1v) is 10.5. The van der Waals surface area contributed by atoms with Gasteiger partial charge in [0.2, 0.25) is 11.8 Å². The molecule has 1 aliphatic heterocycles. The van der Waals surface area contributed by atoms with E-state index in [9.17, 15) is 4.79 Å². The molecule has 29 heavy (non-hydrogen) atoms. The fraction of sp³-hybridized carbons (Fsp3) is 0.400. The number of hydrogen-bond acceptors (Lipinski definition) is 8. The van der Waals surface area contributed by atoms with Gasteiger partial charge in [0, 0.05) is 32.7 Å². The fourth-order valence-corrected chi connectivity index (χ4v) is 4.44. The number of methoxy groups -OCH3 is 1. The van der Waals surface area contributed by atoms with Gasteiger partial charge in [0.15, 0.2) is 10.9 Å². The van der Waals surface area contributed by atoms with Crippen molar-refractivity contribution in [2.24, 2.45) is 0 Å². The lowest BCUT2D eigenvalue weighted by molar-refractivity contribution is -0.119. The van der Waals surface area contributed by atoms with Gasteiger partial charge in [-0.1, -0.05) is 23.5 Å². The summed E-state index contributed by atoms with van der Waals surface area (Å²) in [5.41, 5.74) is 0.937. The summed E-state index contributed by atoms with van der Waals surface area (Å²) in [6.45, 7) is 6.16. The van der Waals surface area contributed by atoms with Gasteiger partial charge < -0.3 is 9.64 Å². The van der Waals surface area contributed by atoms with Crippen molar-refractivity contribution in [3.8, 4) is 5.88 Å². The first-order valence-electron chi connectivity index (χ1n) is 9.67. The number of nitrogens with zero attached hydrogens (tertiary/aromatic N) is 6. The molecule has 1 saturated heterocycles. The number of thiazole rings is 1. The highest BCUT2D eigenvalue weighted by atomic mass is 32.1.